The van der Waals surface area contributed by atoms with Crippen LogP contribution in [0.15, 0.2) is 86.0 Å². The highest BCUT2D eigenvalue weighted by Gasteiger charge is 2.42. The van der Waals surface area contributed by atoms with E-state index in [1.807, 2.05) is 38.1 Å². The van der Waals surface area contributed by atoms with Crippen LogP contribution in [0.5, 0.6) is 11.5 Å². The summed E-state index contributed by atoms with van der Waals surface area (Å²) in [6, 6.07) is 17.6. The molecule has 2 amide bonds. The lowest BCUT2D eigenvalue weighted by atomic mass is 9.83. The number of esters is 2. The molecule has 0 spiro atoms. The summed E-state index contributed by atoms with van der Waals surface area (Å²) in [4.78, 5) is 51.3. The zero-order valence-electron chi connectivity index (χ0n) is 26.3. The third kappa shape index (κ3) is 11.5. The third-order valence-corrected chi connectivity index (χ3v) is 7.40. The molecule has 1 saturated heterocycles. The molecular formula is C34H42N2O10. The normalized spacial score (nSPS) is 18.6. The number of hydrogen-bond donors (Lipinski definition) is 1. The Morgan fingerprint density at radius 1 is 0.848 bits per heavy atom. The van der Waals surface area contributed by atoms with Gasteiger partial charge in [-0.2, -0.15) is 0 Å². The number of para-hydroxylation sites is 2. The summed E-state index contributed by atoms with van der Waals surface area (Å²) < 4.78 is 33.0. The van der Waals surface area contributed by atoms with E-state index in [1.54, 1.807) is 41.3 Å². The largest absolute Gasteiger partial charge is 0.490 e. The SMILES string of the molecule is C=CC(=O)OCC(COc1ccccc1)OC(=O)NC1CCN(C(=O)OC(COC(=O)C=C)COc2ccccc2)C(C)(CC)C1. The van der Waals surface area contributed by atoms with E-state index in [1.165, 1.54) is 0 Å². The second-order valence-electron chi connectivity index (χ2n) is 10.8. The van der Waals surface area contributed by atoms with Crippen LogP contribution >= 0.6 is 0 Å². The number of alkyl carbamates (subject to hydrolysis) is 1. The Kier molecular flexibility index (Phi) is 13.9. The van der Waals surface area contributed by atoms with E-state index < -0.39 is 41.9 Å². The van der Waals surface area contributed by atoms with Crippen molar-refractivity contribution in [3.63, 3.8) is 0 Å². The maximum Gasteiger partial charge on any atom is 0.410 e. The highest BCUT2D eigenvalue weighted by molar-refractivity contribution is 5.81. The number of piperidine rings is 1. The number of nitrogens with one attached hydrogen (secondary N) is 1. The number of benzene rings is 2. The Bertz CT molecular complexity index is 1310. The first-order chi connectivity index (χ1) is 22.1. The average Bonchev–Trinajstić information content (AvgIpc) is 3.07. The monoisotopic (exact) mass is 638 g/mol. The van der Waals surface area contributed by atoms with Gasteiger partial charge in [-0.15, -0.1) is 0 Å². The van der Waals surface area contributed by atoms with Gasteiger partial charge in [-0.1, -0.05) is 56.5 Å². The van der Waals surface area contributed by atoms with Crippen LogP contribution < -0.4 is 14.8 Å². The van der Waals surface area contributed by atoms with Gasteiger partial charge in [-0.3, -0.25) is 0 Å². The Morgan fingerprint density at radius 2 is 1.35 bits per heavy atom. The number of nitrogens with zero attached hydrogens (tertiary/aromatic N) is 1. The minimum absolute atomic E-state index is 0.0376. The lowest BCUT2D eigenvalue weighted by Gasteiger charge is -2.47. The first-order valence-corrected chi connectivity index (χ1v) is 15.0. The van der Waals surface area contributed by atoms with Gasteiger partial charge in [0.1, 0.15) is 37.9 Å². The molecule has 0 bridgehead atoms. The van der Waals surface area contributed by atoms with E-state index in [4.69, 9.17) is 28.4 Å². The number of carbonyl (C=O) groups is 4. The molecule has 1 fully saturated rings. The Morgan fingerprint density at radius 3 is 1.83 bits per heavy atom. The van der Waals surface area contributed by atoms with Gasteiger partial charge in [0.15, 0.2) is 12.2 Å². The van der Waals surface area contributed by atoms with Crippen LogP contribution in [0.1, 0.15) is 33.1 Å². The smallest absolute Gasteiger partial charge is 0.410 e. The van der Waals surface area contributed by atoms with Crippen molar-refractivity contribution in [3.05, 3.63) is 86.0 Å². The van der Waals surface area contributed by atoms with Crippen molar-refractivity contribution < 1.29 is 47.6 Å². The van der Waals surface area contributed by atoms with Crippen LogP contribution in [-0.4, -0.2) is 85.8 Å². The molecule has 3 rings (SSSR count). The van der Waals surface area contributed by atoms with Crippen molar-refractivity contribution in [1.82, 2.24) is 10.2 Å². The summed E-state index contributed by atoms with van der Waals surface area (Å²) in [5.74, 6) is -0.161. The van der Waals surface area contributed by atoms with Crippen LogP contribution in [0.2, 0.25) is 0 Å². The zero-order chi connectivity index (χ0) is 33.4. The molecule has 1 N–H and O–H groups in total. The van der Waals surface area contributed by atoms with Crippen molar-refractivity contribution in [1.29, 1.82) is 0 Å². The van der Waals surface area contributed by atoms with Crippen molar-refractivity contribution in [2.75, 3.05) is 33.0 Å². The summed E-state index contributed by atoms with van der Waals surface area (Å²) in [6.07, 6.45) is 0.384. The third-order valence-electron chi connectivity index (χ3n) is 7.40. The molecule has 248 valence electrons. The van der Waals surface area contributed by atoms with Gasteiger partial charge in [0.25, 0.3) is 0 Å². The van der Waals surface area contributed by atoms with Gasteiger partial charge in [0, 0.05) is 30.3 Å². The van der Waals surface area contributed by atoms with Crippen molar-refractivity contribution in [3.8, 4) is 11.5 Å². The van der Waals surface area contributed by atoms with E-state index in [0.29, 0.717) is 30.8 Å². The first-order valence-electron chi connectivity index (χ1n) is 15.0. The van der Waals surface area contributed by atoms with Gasteiger partial charge in [0.2, 0.25) is 0 Å². The van der Waals surface area contributed by atoms with Crippen LogP contribution in [0.4, 0.5) is 9.59 Å². The summed E-state index contributed by atoms with van der Waals surface area (Å²) >= 11 is 0. The summed E-state index contributed by atoms with van der Waals surface area (Å²) in [7, 11) is 0. The lowest BCUT2D eigenvalue weighted by Crippen LogP contribution is -2.59. The van der Waals surface area contributed by atoms with Crippen molar-refractivity contribution >= 4 is 24.1 Å². The maximum absolute atomic E-state index is 13.4. The second kappa shape index (κ2) is 18.1. The number of amides is 2. The molecule has 1 aliphatic rings. The van der Waals surface area contributed by atoms with Crippen LogP contribution in [0.25, 0.3) is 0 Å². The number of hydrogen-bond acceptors (Lipinski definition) is 10. The van der Waals surface area contributed by atoms with Gasteiger partial charge in [0.05, 0.1) is 0 Å². The molecule has 12 nitrogen and oxygen atoms in total. The molecule has 0 saturated carbocycles. The van der Waals surface area contributed by atoms with Gasteiger partial charge in [-0.05, 0) is 50.5 Å². The number of rotatable bonds is 16. The molecule has 2 aromatic rings. The summed E-state index contributed by atoms with van der Waals surface area (Å²) in [5, 5.41) is 2.87. The highest BCUT2D eigenvalue weighted by atomic mass is 16.6. The van der Waals surface area contributed by atoms with Crippen molar-refractivity contribution in [2.24, 2.45) is 0 Å². The van der Waals surface area contributed by atoms with Crippen LogP contribution in [-0.2, 0) is 28.5 Å². The van der Waals surface area contributed by atoms with Gasteiger partial charge < -0.3 is 38.6 Å². The summed E-state index contributed by atoms with van der Waals surface area (Å²) in [5.41, 5.74) is -0.675. The quantitative estimate of drug-likeness (QED) is 0.154. The topological polar surface area (TPSA) is 139 Å². The fourth-order valence-electron chi connectivity index (χ4n) is 4.74. The van der Waals surface area contributed by atoms with E-state index in [0.717, 1.165) is 12.2 Å². The van der Waals surface area contributed by atoms with Crippen molar-refractivity contribution in [2.45, 2.75) is 56.9 Å². The second-order valence-corrected chi connectivity index (χ2v) is 10.8. The molecule has 4 unspecified atom stereocenters. The number of carbonyl (C=O) groups excluding carboxylic acids is 4. The summed E-state index contributed by atoms with van der Waals surface area (Å²) in [6.45, 7) is 10.4. The fourth-order valence-corrected chi connectivity index (χ4v) is 4.74. The number of likely N-dealkylation sites (tertiary alicyclic amines) is 1. The van der Waals surface area contributed by atoms with E-state index in [9.17, 15) is 19.2 Å². The molecule has 1 heterocycles. The minimum Gasteiger partial charge on any atom is -0.490 e. The molecule has 4 atom stereocenters. The standard InChI is InChI=1S/C34H42N2O10/c1-5-30(37)43-23-28(21-41-26-14-10-8-11-15-26)45-32(39)35-25-18-19-36(34(4,7-3)20-25)33(40)46-29(24-44-31(38)6-2)22-42-27-16-12-9-13-17-27/h5-6,8-17,25,28-29H,1-2,7,18-24H2,3-4H3,(H,35,39). The molecular weight excluding hydrogens is 596 g/mol. The molecule has 0 radical (unpaired) electrons. The molecule has 0 aromatic heterocycles. The predicted octanol–water partition coefficient (Wildman–Crippen LogP) is 4.84. The Balaban J connectivity index is 1.59. The van der Waals surface area contributed by atoms with Crippen LogP contribution in [0, 0.1) is 0 Å². The first kappa shape index (κ1) is 35.5. The molecule has 12 heteroatoms. The number of ether oxygens (including phenoxy) is 6. The van der Waals surface area contributed by atoms with Gasteiger partial charge in [-0.25, -0.2) is 19.2 Å². The molecule has 2 aromatic carbocycles. The average molecular weight is 639 g/mol. The van der Waals surface area contributed by atoms with E-state index >= 15 is 0 Å². The minimum atomic E-state index is -0.887. The molecule has 0 aliphatic carbocycles. The molecule has 1 aliphatic heterocycles. The predicted molar refractivity (Wildman–Crippen MR) is 168 cm³/mol. The fraction of sp³-hybridized carbons (Fsp3) is 0.412. The Hall–Kier alpha value is -5.00. The highest BCUT2D eigenvalue weighted by Crippen LogP contribution is 2.32. The van der Waals surface area contributed by atoms with E-state index in [-0.39, 0.29) is 39.0 Å². The lowest BCUT2D eigenvalue weighted by molar-refractivity contribution is -0.142. The Labute approximate surface area is 269 Å². The maximum atomic E-state index is 13.4. The molecule has 46 heavy (non-hydrogen) atoms. The van der Waals surface area contributed by atoms with Gasteiger partial charge >= 0.3 is 24.1 Å². The van der Waals surface area contributed by atoms with Crippen LogP contribution in [0.3, 0.4) is 0 Å². The zero-order valence-corrected chi connectivity index (χ0v) is 26.3. The van der Waals surface area contributed by atoms with E-state index in [2.05, 4.69) is 18.5 Å².